The van der Waals surface area contributed by atoms with Gasteiger partial charge in [-0.1, -0.05) is 6.07 Å². The van der Waals surface area contributed by atoms with Crippen LogP contribution in [-0.2, 0) is 22.1 Å². The third-order valence-corrected chi connectivity index (χ3v) is 5.37. The number of alkyl halides is 3. The molecule has 4 rings (SSSR count). The summed E-state index contributed by atoms with van der Waals surface area (Å²) in [7, 11) is 1.32. The minimum absolute atomic E-state index is 0.0372. The van der Waals surface area contributed by atoms with E-state index < -0.39 is 23.7 Å². The molecule has 154 valence electrons. The zero-order valence-corrected chi connectivity index (χ0v) is 15.5. The molecule has 2 atom stereocenters. The average Bonchev–Trinajstić information content (AvgIpc) is 3.26. The van der Waals surface area contributed by atoms with Crippen molar-refractivity contribution in [2.45, 2.75) is 37.5 Å². The second-order valence-electron chi connectivity index (χ2n) is 7.12. The Kier molecular flexibility index (Phi) is 4.88. The van der Waals surface area contributed by atoms with E-state index in [1.165, 1.54) is 7.11 Å². The van der Waals surface area contributed by atoms with Gasteiger partial charge in [0.2, 0.25) is 0 Å². The van der Waals surface area contributed by atoms with Crippen molar-refractivity contribution in [3.63, 3.8) is 0 Å². The molecule has 0 fully saturated rings. The van der Waals surface area contributed by atoms with E-state index in [4.69, 9.17) is 9.47 Å². The smallest absolute Gasteiger partial charge is 0.416 e. The molecule has 8 heteroatoms. The molecule has 2 aliphatic rings. The van der Waals surface area contributed by atoms with Gasteiger partial charge in [-0.25, -0.2) is 4.39 Å². The van der Waals surface area contributed by atoms with Crippen molar-refractivity contribution in [3.8, 4) is 11.5 Å². The summed E-state index contributed by atoms with van der Waals surface area (Å²) in [6, 6.07) is 6.65. The van der Waals surface area contributed by atoms with Crippen LogP contribution in [0.1, 0.15) is 47.1 Å². The molecule has 2 aromatic carbocycles. The Labute approximate surface area is 164 Å². The monoisotopic (exact) mass is 410 g/mol. The molecule has 2 aromatic rings. The van der Waals surface area contributed by atoms with Crippen LogP contribution in [0.5, 0.6) is 11.5 Å². The lowest BCUT2D eigenvalue weighted by atomic mass is 9.98. The number of hydrogen-bond donors (Lipinski definition) is 0. The first-order valence-electron chi connectivity index (χ1n) is 9.16. The van der Waals surface area contributed by atoms with E-state index in [9.17, 15) is 22.4 Å². The molecular formula is C21H18F4O4. The molecule has 4 nitrogen and oxygen atoms in total. The van der Waals surface area contributed by atoms with Crippen molar-refractivity contribution in [1.82, 2.24) is 0 Å². The van der Waals surface area contributed by atoms with Crippen molar-refractivity contribution in [2.75, 3.05) is 13.7 Å². The van der Waals surface area contributed by atoms with Gasteiger partial charge in [-0.15, -0.1) is 0 Å². The topological polar surface area (TPSA) is 44.8 Å². The SMILES string of the molecule is COC(=O)CC1COc2cc(OC3CCc4c(C(F)(F)F)ccc(F)c43)ccc21. The maximum atomic E-state index is 14.3. The highest BCUT2D eigenvalue weighted by Gasteiger charge is 2.39. The number of carbonyl (C=O) groups is 1. The van der Waals surface area contributed by atoms with Gasteiger partial charge >= 0.3 is 12.1 Å². The molecule has 0 spiro atoms. The largest absolute Gasteiger partial charge is 0.492 e. The van der Waals surface area contributed by atoms with Gasteiger partial charge in [0, 0.05) is 23.1 Å². The Morgan fingerprint density at radius 2 is 2.03 bits per heavy atom. The Morgan fingerprint density at radius 1 is 1.24 bits per heavy atom. The number of hydrogen-bond acceptors (Lipinski definition) is 4. The van der Waals surface area contributed by atoms with E-state index in [1.54, 1.807) is 18.2 Å². The fraction of sp³-hybridized carbons (Fsp3) is 0.381. The number of ether oxygens (including phenoxy) is 3. The summed E-state index contributed by atoms with van der Waals surface area (Å²) in [6.45, 7) is 0.323. The maximum absolute atomic E-state index is 14.3. The summed E-state index contributed by atoms with van der Waals surface area (Å²) in [6.07, 6.45) is -4.82. The summed E-state index contributed by atoms with van der Waals surface area (Å²) >= 11 is 0. The molecular weight excluding hydrogens is 392 g/mol. The predicted molar refractivity (Wildman–Crippen MR) is 94.4 cm³/mol. The van der Waals surface area contributed by atoms with Crippen LogP contribution in [0.2, 0.25) is 0 Å². The highest BCUT2D eigenvalue weighted by atomic mass is 19.4. The standard InChI is InChI=1S/C21H18F4O4/c1-27-19(26)8-11-10-28-18-9-12(2-3-13(11)18)29-17-7-4-14-15(21(23,24)25)5-6-16(22)20(14)17/h2-3,5-6,9,11,17H,4,7-8,10H2,1H3. The normalized spacial score (nSPS) is 20.0. The van der Waals surface area contributed by atoms with E-state index in [2.05, 4.69) is 4.74 Å². The molecule has 1 heterocycles. The van der Waals surface area contributed by atoms with Crippen molar-refractivity contribution < 1.29 is 36.6 Å². The second-order valence-corrected chi connectivity index (χ2v) is 7.12. The molecule has 0 saturated carbocycles. The number of fused-ring (bicyclic) bond motifs is 2. The molecule has 2 unspecified atom stereocenters. The predicted octanol–water partition coefficient (Wildman–Crippen LogP) is 4.95. The van der Waals surface area contributed by atoms with Crippen LogP contribution >= 0.6 is 0 Å². The molecule has 0 aromatic heterocycles. The maximum Gasteiger partial charge on any atom is 0.416 e. The van der Waals surface area contributed by atoms with E-state index in [0.717, 1.165) is 17.7 Å². The first kappa shape index (κ1) is 19.5. The van der Waals surface area contributed by atoms with Crippen LogP contribution < -0.4 is 9.47 Å². The zero-order chi connectivity index (χ0) is 20.8. The highest BCUT2D eigenvalue weighted by Crippen LogP contribution is 2.45. The van der Waals surface area contributed by atoms with Gasteiger partial charge in [0.15, 0.2) is 0 Å². The minimum atomic E-state index is -4.54. The third kappa shape index (κ3) is 3.63. The fourth-order valence-corrected chi connectivity index (χ4v) is 4.00. The lowest BCUT2D eigenvalue weighted by molar-refractivity contribution is -0.141. The average molecular weight is 410 g/mol. The fourth-order valence-electron chi connectivity index (χ4n) is 4.00. The van der Waals surface area contributed by atoms with Gasteiger partial charge in [-0.3, -0.25) is 4.79 Å². The van der Waals surface area contributed by atoms with Gasteiger partial charge in [-0.05, 0) is 36.6 Å². The van der Waals surface area contributed by atoms with Crippen LogP contribution in [-0.4, -0.2) is 19.7 Å². The van der Waals surface area contributed by atoms with Crippen molar-refractivity contribution in [1.29, 1.82) is 0 Å². The summed E-state index contributed by atoms with van der Waals surface area (Å²) in [5, 5.41) is 0. The van der Waals surface area contributed by atoms with E-state index in [1.807, 2.05) is 0 Å². The van der Waals surface area contributed by atoms with Crippen LogP contribution in [0.15, 0.2) is 30.3 Å². The second kappa shape index (κ2) is 7.24. The van der Waals surface area contributed by atoms with Crippen molar-refractivity contribution >= 4 is 5.97 Å². The number of benzene rings is 2. The number of halogens is 4. The first-order chi connectivity index (χ1) is 13.8. The van der Waals surface area contributed by atoms with Crippen molar-refractivity contribution in [3.05, 3.63) is 58.4 Å². The Morgan fingerprint density at radius 3 is 2.76 bits per heavy atom. The molecule has 0 N–H and O–H groups in total. The van der Waals surface area contributed by atoms with E-state index in [0.29, 0.717) is 18.1 Å². The molecule has 1 aliphatic carbocycles. The zero-order valence-electron chi connectivity index (χ0n) is 15.5. The molecule has 29 heavy (non-hydrogen) atoms. The summed E-state index contributed by atoms with van der Waals surface area (Å²) in [4.78, 5) is 11.5. The molecule has 0 saturated heterocycles. The quantitative estimate of drug-likeness (QED) is 0.529. The van der Waals surface area contributed by atoms with E-state index >= 15 is 0 Å². The number of rotatable bonds is 4. The van der Waals surface area contributed by atoms with Gasteiger partial charge in [0.25, 0.3) is 0 Å². The van der Waals surface area contributed by atoms with Gasteiger partial charge in [0.1, 0.15) is 23.4 Å². The summed E-state index contributed by atoms with van der Waals surface area (Å²) in [5.74, 6) is -0.266. The number of methoxy groups -OCH3 is 1. The van der Waals surface area contributed by atoms with E-state index in [-0.39, 0.29) is 42.3 Å². The van der Waals surface area contributed by atoms with Crippen LogP contribution in [0.3, 0.4) is 0 Å². The third-order valence-electron chi connectivity index (χ3n) is 5.37. The van der Waals surface area contributed by atoms with Crippen LogP contribution in [0.4, 0.5) is 17.6 Å². The summed E-state index contributed by atoms with van der Waals surface area (Å²) < 4.78 is 70.1. The molecule has 0 amide bonds. The van der Waals surface area contributed by atoms with Gasteiger partial charge < -0.3 is 14.2 Å². The molecule has 1 aliphatic heterocycles. The lowest BCUT2D eigenvalue weighted by Gasteiger charge is -2.18. The van der Waals surface area contributed by atoms with Gasteiger partial charge in [-0.2, -0.15) is 13.2 Å². The minimum Gasteiger partial charge on any atom is -0.492 e. The molecule has 0 radical (unpaired) electrons. The highest BCUT2D eigenvalue weighted by molar-refractivity contribution is 5.71. The van der Waals surface area contributed by atoms with Crippen LogP contribution in [0, 0.1) is 5.82 Å². The van der Waals surface area contributed by atoms with Crippen molar-refractivity contribution in [2.24, 2.45) is 0 Å². The van der Waals surface area contributed by atoms with Gasteiger partial charge in [0.05, 0.1) is 25.7 Å². The number of esters is 1. The Bertz CT molecular complexity index is 954. The Balaban J connectivity index is 1.57. The Hall–Kier alpha value is -2.77. The number of carbonyl (C=O) groups excluding carboxylic acids is 1. The lowest BCUT2D eigenvalue weighted by Crippen LogP contribution is -2.11. The summed E-state index contributed by atoms with van der Waals surface area (Å²) in [5.41, 5.74) is -0.0640. The first-order valence-corrected chi connectivity index (χ1v) is 9.16. The van der Waals surface area contributed by atoms with Crippen LogP contribution in [0.25, 0.3) is 0 Å². The molecule has 0 bridgehead atoms.